The van der Waals surface area contributed by atoms with Crippen LogP contribution in [0.3, 0.4) is 0 Å². The minimum Gasteiger partial charge on any atom is -0.387 e. The number of nitrogen functional groups attached to an aromatic ring is 1. The molecule has 3 rings (SSSR count). The number of carbonyl (C=O) groups excluding carboxylic acids is 1. The fourth-order valence-electron chi connectivity index (χ4n) is 3.04. The molecule has 150 valence electrons. The fraction of sp³-hybridized carbons (Fsp3) is 0.600. The largest absolute Gasteiger partial charge is 0.387 e. The molecule has 6 atom stereocenters. The van der Waals surface area contributed by atoms with Crippen molar-refractivity contribution in [2.45, 2.75) is 37.0 Å². The summed E-state index contributed by atoms with van der Waals surface area (Å²) in [4.78, 5) is 23.5. The molecule has 0 radical (unpaired) electrons. The molecule has 2 aromatic rings. The fourth-order valence-corrected chi connectivity index (χ4v) is 5.17. The number of hydrogen-bond donors (Lipinski definition) is 5. The molecular formula is C15H23IN6O4S. The topological polar surface area (TPSA) is 162 Å². The molecule has 0 amide bonds. The first-order chi connectivity index (χ1) is 12.8. The van der Waals surface area contributed by atoms with Crippen molar-refractivity contribution in [3.8, 4) is 0 Å². The summed E-state index contributed by atoms with van der Waals surface area (Å²) in [5, 5.41) is 20.9. The Hall–Kier alpha value is -1.06. The van der Waals surface area contributed by atoms with E-state index in [0.29, 0.717) is 23.3 Å². The first-order valence-electron chi connectivity index (χ1n) is 8.37. The summed E-state index contributed by atoms with van der Waals surface area (Å²) in [5.41, 5.74) is 12.4. The molecule has 0 spiro atoms. The second-order valence-electron chi connectivity index (χ2n) is 6.59. The van der Waals surface area contributed by atoms with E-state index in [-0.39, 0.29) is 9.61 Å². The van der Waals surface area contributed by atoms with Gasteiger partial charge in [0.25, 0.3) is 0 Å². The molecule has 1 aliphatic rings. The third-order valence-electron chi connectivity index (χ3n) is 4.60. The van der Waals surface area contributed by atoms with Crippen molar-refractivity contribution in [1.82, 2.24) is 19.5 Å². The Morgan fingerprint density at radius 2 is 2.15 bits per heavy atom. The number of aromatic nitrogens is 4. The maximum absolute atomic E-state index is 11.2. The number of aliphatic hydroxyl groups is 2. The van der Waals surface area contributed by atoms with E-state index < -0.39 is 41.5 Å². The van der Waals surface area contributed by atoms with Gasteiger partial charge in [-0.1, -0.05) is 0 Å². The minimum atomic E-state index is -1.12. The Kier molecular flexibility index (Phi) is 6.53. The summed E-state index contributed by atoms with van der Waals surface area (Å²) < 4.78 is 7.44. The first-order valence-corrected chi connectivity index (χ1v) is 11.6. The van der Waals surface area contributed by atoms with Gasteiger partial charge in [-0.2, -0.15) is 0 Å². The SMILES string of the molecule is C[SH](CC[C@H](N)C(=O)I)C[C@H]1O[C@@H](n2cnc3c(N)ncnc32)[C@H](O)[C@@H]1O. The number of ether oxygens (including phenoxy) is 1. The Morgan fingerprint density at radius 1 is 1.41 bits per heavy atom. The van der Waals surface area contributed by atoms with Crippen LogP contribution in [0.25, 0.3) is 11.2 Å². The van der Waals surface area contributed by atoms with E-state index in [1.807, 2.05) is 0 Å². The molecule has 2 aromatic heterocycles. The number of imidazole rings is 1. The van der Waals surface area contributed by atoms with Gasteiger partial charge in [-0.3, -0.25) is 20.3 Å². The number of nitrogens with two attached hydrogens (primary N) is 2. The summed E-state index contributed by atoms with van der Waals surface area (Å²) in [7, 11) is -0.513. The lowest BCUT2D eigenvalue weighted by Crippen LogP contribution is -2.33. The molecular weight excluding hydrogens is 487 g/mol. The Bertz CT molecular complexity index is 823. The number of carbonyl (C=O) groups is 1. The smallest absolute Gasteiger partial charge is 0.208 e. The van der Waals surface area contributed by atoms with E-state index >= 15 is 0 Å². The molecule has 10 nitrogen and oxygen atoms in total. The lowest BCUT2D eigenvalue weighted by molar-refractivity contribution is -0.110. The third-order valence-corrected chi connectivity index (χ3v) is 7.41. The van der Waals surface area contributed by atoms with Crippen LogP contribution >= 0.6 is 33.5 Å². The molecule has 1 fully saturated rings. The molecule has 3 heterocycles. The van der Waals surface area contributed by atoms with Gasteiger partial charge in [0.05, 0.1) is 18.5 Å². The Balaban J connectivity index is 1.68. The number of nitrogens with zero attached hydrogens (tertiary/aromatic N) is 4. The second-order valence-corrected chi connectivity index (χ2v) is 10.2. The van der Waals surface area contributed by atoms with Gasteiger partial charge in [0, 0.05) is 28.3 Å². The molecule has 1 aliphatic heterocycles. The summed E-state index contributed by atoms with van der Waals surface area (Å²) in [6.45, 7) is 0. The number of rotatable bonds is 7. The van der Waals surface area contributed by atoms with Crippen LogP contribution in [0.1, 0.15) is 12.6 Å². The van der Waals surface area contributed by atoms with Crippen molar-refractivity contribution in [2.75, 3.05) is 23.5 Å². The van der Waals surface area contributed by atoms with E-state index in [1.54, 1.807) is 27.2 Å². The van der Waals surface area contributed by atoms with Crippen LogP contribution in [0.15, 0.2) is 12.7 Å². The number of anilines is 1. The average Bonchev–Trinajstić information content (AvgIpc) is 3.17. The van der Waals surface area contributed by atoms with Gasteiger partial charge < -0.3 is 26.4 Å². The highest BCUT2D eigenvalue weighted by atomic mass is 127. The number of hydrogen-bond acceptors (Lipinski definition) is 9. The maximum Gasteiger partial charge on any atom is 0.208 e. The third kappa shape index (κ3) is 4.35. The van der Waals surface area contributed by atoms with Crippen molar-refractivity contribution in [2.24, 2.45) is 5.73 Å². The highest BCUT2D eigenvalue weighted by Crippen LogP contribution is 2.36. The van der Waals surface area contributed by atoms with Gasteiger partial charge in [0.2, 0.25) is 3.79 Å². The highest BCUT2D eigenvalue weighted by molar-refractivity contribution is 14.1. The van der Waals surface area contributed by atoms with Crippen LogP contribution in [0.5, 0.6) is 0 Å². The molecule has 0 bridgehead atoms. The average molecular weight is 510 g/mol. The number of halogens is 1. The minimum absolute atomic E-state index is 0.0584. The molecule has 1 unspecified atom stereocenters. The van der Waals surface area contributed by atoms with Gasteiger partial charge >= 0.3 is 0 Å². The lowest BCUT2D eigenvalue weighted by Gasteiger charge is -2.23. The zero-order valence-corrected chi connectivity index (χ0v) is 17.7. The monoisotopic (exact) mass is 510 g/mol. The van der Waals surface area contributed by atoms with Gasteiger partial charge in [-0.15, -0.1) is 0 Å². The summed E-state index contributed by atoms with van der Waals surface area (Å²) >= 11 is 1.71. The molecule has 0 aromatic carbocycles. The summed E-state index contributed by atoms with van der Waals surface area (Å²) in [6.07, 6.45) is 1.96. The zero-order chi connectivity index (χ0) is 19.7. The predicted octanol–water partition coefficient (Wildman–Crippen LogP) is -0.662. The van der Waals surface area contributed by atoms with Crippen molar-refractivity contribution in [3.63, 3.8) is 0 Å². The first kappa shape index (κ1) is 20.7. The van der Waals surface area contributed by atoms with Gasteiger partial charge in [-0.25, -0.2) is 15.0 Å². The summed E-state index contributed by atoms with van der Waals surface area (Å²) in [6, 6.07) is -0.467. The van der Waals surface area contributed by atoms with Crippen LogP contribution in [0.2, 0.25) is 0 Å². The highest BCUT2D eigenvalue weighted by Gasteiger charge is 2.44. The Labute approximate surface area is 172 Å². The van der Waals surface area contributed by atoms with Crippen LogP contribution in [-0.2, 0) is 9.53 Å². The molecule has 27 heavy (non-hydrogen) atoms. The zero-order valence-electron chi connectivity index (χ0n) is 14.6. The number of fused-ring (bicyclic) bond motifs is 1. The van der Waals surface area contributed by atoms with Crippen molar-refractivity contribution in [1.29, 1.82) is 0 Å². The van der Waals surface area contributed by atoms with E-state index in [0.717, 1.165) is 5.75 Å². The van der Waals surface area contributed by atoms with E-state index in [9.17, 15) is 15.0 Å². The maximum atomic E-state index is 11.2. The normalized spacial score (nSPS) is 28.4. The Morgan fingerprint density at radius 3 is 2.85 bits per heavy atom. The van der Waals surface area contributed by atoms with Gasteiger partial charge in [0.15, 0.2) is 17.7 Å². The number of thiol groups is 1. The molecule has 0 saturated carbocycles. The van der Waals surface area contributed by atoms with E-state index in [2.05, 4.69) is 21.2 Å². The molecule has 12 heteroatoms. The van der Waals surface area contributed by atoms with Crippen LogP contribution in [0.4, 0.5) is 5.82 Å². The predicted molar refractivity (Wildman–Crippen MR) is 112 cm³/mol. The van der Waals surface area contributed by atoms with Crippen molar-refractivity contribution >= 4 is 54.3 Å². The number of aliphatic hydroxyl groups excluding tert-OH is 2. The second kappa shape index (κ2) is 8.53. The van der Waals surface area contributed by atoms with Gasteiger partial charge in [-0.05, 0) is 18.4 Å². The van der Waals surface area contributed by atoms with Gasteiger partial charge in [0.1, 0.15) is 24.1 Å². The van der Waals surface area contributed by atoms with Crippen LogP contribution < -0.4 is 11.5 Å². The standard InChI is InChI=1S/C15H23IN6O4S/c1-27(3-2-7(17)12(16)25)4-8-10(23)11(24)15(26-8)22-6-21-9-13(18)19-5-20-14(9)22/h5-8,10-11,15,23-24,27H,2-4,17H2,1H3,(H2,18,19,20)/t7-,8+,10+,11+,15+/m0/s1. The molecule has 6 N–H and O–H groups in total. The van der Waals surface area contributed by atoms with Crippen molar-refractivity contribution in [3.05, 3.63) is 12.7 Å². The summed E-state index contributed by atoms with van der Waals surface area (Å²) in [5.74, 6) is 1.62. The van der Waals surface area contributed by atoms with E-state index in [4.69, 9.17) is 16.2 Å². The van der Waals surface area contributed by atoms with E-state index in [1.165, 1.54) is 12.7 Å². The van der Waals surface area contributed by atoms with Crippen molar-refractivity contribution < 1.29 is 19.7 Å². The quantitative estimate of drug-likeness (QED) is 0.185. The van der Waals surface area contributed by atoms with Crippen LogP contribution in [0, 0.1) is 0 Å². The van der Waals surface area contributed by atoms with Crippen LogP contribution in [-0.4, -0.2) is 75.6 Å². The molecule has 0 aliphatic carbocycles. The lowest BCUT2D eigenvalue weighted by atomic mass is 10.1. The molecule has 1 saturated heterocycles.